The maximum Gasteiger partial charge on any atom is 0.334 e. The van der Waals surface area contributed by atoms with Crippen LogP contribution in [0.1, 0.15) is 148 Å². The summed E-state index contributed by atoms with van der Waals surface area (Å²) < 4.78 is 8.89. The molecule has 0 aliphatic carbocycles. The van der Waals surface area contributed by atoms with Crippen LogP contribution in [-0.4, -0.2) is 49.3 Å². The van der Waals surface area contributed by atoms with Crippen LogP contribution in [0.5, 0.6) is 5.75 Å². The molecule has 0 fully saturated rings. The molecular weight excluding hydrogens is 695 g/mol. The third kappa shape index (κ3) is 9.68. The lowest BCUT2D eigenvalue weighted by Crippen LogP contribution is -2.47. The van der Waals surface area contributed by atoms with Gasteiger partial charge in [-0.2, -0.15) is 0 Å². The number of carboxylic acid groups (broad SMARTS) is 2. The van der Waals surface area contributed by atoms with Gasteiger partial charge in [0.1, 0.15) is 5.75 Å². The average Bonchev–Trinajstić information content (AvgIpc) is 3.42. The summed E-state index contributed by atoms with van der Waals surface area (Å²) in [6.07, 6.45) is 17.0. The molecule has 1 aliphatic rings. The van der Waals surface area contributed by atoms with Crippen molar-refractivity contribution in [1.29, 1.82) is 0 Å². The van der Waals surface area contributed by atoms with E-state index in [9.17, 15) is 19.8 Å². The van der Waals surface area contributed by atoms with E-state index in [-0.39, 0.29) is 30.2 Å². The lowest BCUT2D eigenvalue weighted by molar-refractivity contribution is -0.134. The SMILES string of the molecule is CCCCCCCCCCCCCCCc1cccc(OC(C)C)c1C1(CC)C(C(=O)O)=C(C)N(CC)C(Cn2c(=S)[nH]c3cc(C)ccc32)=C1C(=O)O. The molecule has 0 saturated carbocycles. The number of carbonyl (C=O) groups is 2. The Hall–Kier alpha value is -3.85. The number of hydrogen-bond acceptors (Lipinski definition) is 5. The molecule has 4 rings (SSSR count). The number of ether oxygens (including phenoxy) is 1. The normalized spacial score (nSPS) is 16.3. The molecule has 54 heavy (non-hydrogen) atoms. The number of aryl methyl sites for hydroxylation is 2. The fraction of sp³-hybridized carbons (Fsp3) is 0.578. The third-order valence-electron chi connectivity index (χ3n) is 11.2. The average molecular weight is 760 g/mol. The summed E-state index contributed by atoms with van der Waals surface area (Å²) >= 11 is 5.82. The number of fused-ring (bicyclic) bond motifs is 1. The maximum atomic E-state index is 13.9. The van der Waals surface area contributed by atoms with Crippen molar-refractivity contribution in [2.24, 2.45) is 0 Å². The third-order valence-corrected chi connectivity index (χ3v) is 11.5. The van der Waals surface area contributed by atoms with Gasteiger partial charge in [-0.1, -0.05) is 109 Å². The first-order valence-electron chi connectivity index (χ1n) is 20.6. The number of aromatic nitrogens is 2. The Morgan fingerprint density at radius 2 is 1.43 bits per heavy atom. The predicted octanol–water partition coefficient (Wildman–Crippen LogP) is 11.8. The molecule has 9 heteroatoms. The number of benzene rings is 2. The van der Waals surface area contributed by atoms with Crippen LogP contribution in [-0.2, 0) is 28.0 Å². The number of nitrogens with one attached hydrogen (secondary N) is 1. The molecule has 3 N–H and O–H groups in total. The molecular formula is C45H65N3O5S. The number of rotatable bonds is 23. The topological polar surface area (TPSA) is 108 Å². The summed E-state index contributed by atoms with van der Waals surface area (Å²) in [5.74, 6) is -1.74. The molecule has 0 saturated heterocycles. The van der Waals surface area contributed by atoms with E-state index in [1.165, 1.54) is 64.2 Å². The highest BCUT2D eigenvalue weighted by atomic mass is 32.1. The summed E-state index contributed by atoms with van der Waals surface area (Å²) in [6, 6.07) is 11.9. The first-order chi connectivity index (χ1) is 25.9. The van der Waals surface area contributed by atoms with Gasteiger partial charge in [0.25, 0.3) is 0 Å². The van der Waals surface area contributed by atoms with Gasteiger partial charge in [-0.05, 0) is 95.4 Å². The quantitative estimate of drug-likeness (QED) is 0.0652. The molecule has 3 aromatic rings. The van der Waals surface area contributed by atoms with Crippen LogP contribution in [0.3, 0.4) is 0 Å². The number of unbranched alkanes of at least 4 members (excludes halogenated alkanes) is 12. The summed E-state index contributed by atoms with van der Waals surface area (Å²) in [5.41, 5.74) is 4.10. The van der Waals surface area contributed by atoms with Crippen LogP contribution < -0.4 is 4.74 Å². The van der Waals surface area contributed by atoms with E-state index < -0.39 is 17.4 Å². The molecule has 2 heterocycles. The molecule has 1 atom stereocenters. The van der Waals surface area contributed by atoms with E-state index in [1.807, 2.05) is 87.4 Å². The first kappa shape index (κ1) is 42.9. The highest BCUT2D eigenvalue weighted by molar-refractivity contribution is 7.71. The van der Waals surface area contributed by atoms with Crippen molar-refractivity contribution in [2.75, 3.05) is 6.54 Å². The molecule has 1 unspecified atom stereocenters. The Bertz CT molecular complexity index is 1870. The van der Waals surface area contributed by atoms with Gasteiger partial charge in [-0.3, -0.25) is 0 Å². The number of aliphatic carboxylic acids is 2. The van der Waals surface area contributed by atoms with Crippen molar-refractivity contribution in [3.05, 3.63) is 80.4 Å². The monoisotopic (exact) mass is 759 g/mol. The first-order valence-corrected chi connectivity index (χ1v) is 21.0. The molecule has 0 radical (unpaired) electrons. The lowest BCUT2D eigenvalue weighted by atomic mass is 9.62. The van der Waals surface area contributed by atoms with Gasteiger partial charge in [-0.15, -0.1) is 0 Å². The van der Waals surface area contributed by atoms with E-state index in [4.69, 9.17) is 17.0 Å². The minimum atomic E-state index is -1.50. The fourth-order valence-electron chi connectivity index (χ4n) is 8.71. The zero-order valence-corrected chi connectivity index (χ0v) is 34.8. The van der Waals surface area contributed by atoms with Crippen molar-refractivity contribution < 1.29 is 24.5 Å². The zero-order valence-electron chi connectivity index (χ0n) is 34.0. The number of H-pyrrole nitrogens is 1. The van der Waals surface area contributed by atoms with Crippen molar-refractivity contribution in [3.63, 3.8) is 0 Å². The van der Waals surface area contributed by atoms with Crippen molar-refractivity contribution in [2.45, 2.75) is 163 Å². The minimum Gasteiger partial charge on any atom is -0.491 e. The van der Waals surface area contributed by atoms with E-state index >= 15 is 0 Å². The Kier molecular flexibility index (Phi) is 16.0. The Balaban J connectivity index is 1.75. The highest BCUT2D eigenvalue weighted by Gasteiger charge is 2.53. The van der Waals surface area contributed by atoms with E-state index in [0.29, 0.717) is 40.4 Å². The molecule has 0 bridgehead atoms. The van der Waals surface area contributed by atoms with E-state index in [1.54, 1.807) is 0 Å². The van der Waals surface area contributed by atoms with Gasteiger partial charge in [0.05, 0.1) is 40.2 Å². The number of hydrogen-bond donors (Lipinski definition) is 3. The molecule has 0 spiro atoms. The van der Waals surface area contributed by atoms with E-state index in [0.717, 1.165) is 41.4 Å². The minimum absolute atomic E-state index is 0.0598. The van der Waals surface area contributed by atoms with Crippen molar-refractivity contribution in [1.82, 2.24) is 14.5 Å². The second kappa shape index (κ2) is 20.2. The second-order valence-corrected chi connectivity index (χ2v) is 15.8. The van der Waals surface area contributed by atoms with Gasteiger partial charge < -0.3 is 29.4 Å². The second-order valence-electron chi connectivity index (χ2n) is 15.4. The zero-order chi connectivity index (χ0) is 39.4. The van der Waals surface area contributed by atoms with Gasteiger partial charge in [-0.25, -0.2) is 9.59 Å². The highest BCUT2D eigenvalue weighted by Crippen LogP contribution is 2.54. The Morgan fingerprint density at radius 3 is 1.96 bits per heavy atom. The van der Waals surface area contributed by atoms with Gasteiger partial charge >= 0.3 is 11.9 Å². The molecule has 2 aromatic carbocycles. The number of imidazole rings is 1. The van der Waals surface area contributed by atoms with Crippen LogP contribution in [0.25, 0.3) is 11.0 Å². The summed E-state index contributed by atoms with van der Waals surface area (Å²) in [5, 5.41) is 22.5. The van der Waals surface area contributed by atoms with Gasteiger partial charge in [0.2, 0.25) is 0 Å². The smallest absolute Gasteiger partial charge is 0.334 e. The predicted molar refractivity (Wildman–Crippen MR) is 223 cm³/mol. The fourth-order valence-corrected chi connectivity index (χ4v) is 8.98. The molecule has 296 valence electrons. The maximum absolute atomic E-state index is 13.9. The number of likely N-dealkylation sites (N-methyl/N-ethyl adjacent to an activating group) is 1. The van der Waals surface area contributed by atoms with Crippen molar-refractivity contribution in [3.8, 4) is 5.75 Å². The number of carboxylic acids is 2. The number of allylic oxidation sites excluding steroid dienone is 2. The lowest BCUT2D eigenvalue weighted by Gasteiger charge is -2.46. The van der Waals surface area contributed by atoms with Gasteiger partial charge in [0, 0.05) is 23.5 Å². The molecule has 1 aliphatic heterocycles. The number of aromatic amines is 1. The van der Waals surface area contributed by atoms with E-state index in [2.05, 4.69) is 11.9 Å². The van der Waals surface area contributed by atoms with Crippen LogP contribution in [0, 0.1) is 11.7 Å². The standard InChI is InChI=1S/C45H65N3O5S/c1-8-11-12-13-14-15-16-17-18-19-20-21-22-24-34-25-23-26-38(53-31(4)5)40(34)45(9-2)39(42(49)50)33(7)47(10-3)37(41(45)43(51)52)30-48-36-28-27-32(6)29-35(36)46-44(48)54/h23,25-29,31H,8-22,24,30H2,1-7H3,(H,46,54)(H,49,50)(H,51,52). The summed E-state index contributed by atoms with van der Waals surface area (Å²) in [6.45, 7) is 14.4. The van der Waals surface area contributed by atoms with Crippen LogP contribution in [0.2, 0.25) is 0 Å². The largest absolute Gasteiger partial charge is 0.491 e. The van der Waals surface area contributed by atoms with Crippen LogP contribution in [0.15, 0.2) is 58.9 Å². The molecule has 1 aromatic heterocycles. The van der Waals surface area contributed by atoms with Crippen molar-refractivity contribution >= 4 is 35.2 Å². The Labute approximate surface area is 328 Å². The van der Waals surface area contributed by atoms with Crippen LogP contribution >= 0.6 is 12.2 Å². The summed E-state index contributed by atoms with van der Waals surface area (Å²) in [4.78, 5) is 32.7. The molecule has 8 nitrogen and oxygen atoms in total. The van der Waals surface area contributed by atoms with Gasteiger partial charge in [0.15, 0.2) is 4.77 Å². The van der Waals surface area contributed by atoms with Crippen LogP contribution in [0.4, 0.5) is 0 Å². The Morgan fingerprint density at radius 1 is 0.833 bits per heavy atom. The number of nitrogens with zero attached hydrogens (tertiary/aromatic N) is 2. The molecule has 0 amide bonds. The summed E-state index contributed by atoms with van der Waals surface area (Å²) in [7, 11) is 0.